The lowest BCUT2D eigenvalue weighted by Crippen LogP contribution is -2.59. The molecule has 3 aromatic rings. The lowest BCUT2D eigenvalue weighted by Gasteiger charge is -2.29. The molecule has 42 heavy (non-hydrogen) atoms. The van der Waals surface area contributed by atoms with Crippen LogP contribution in [0.3, 0.4) is 0 Å². The number of hydrogen-bond donors (Lipinski definition) is 4. The highest BCUT2D eigenvalue weighted by Gasteiger charge is 2.34. The first-order valence-corrected chi connectivity index (χ1v) is 14.4. The van der Waals surface area contributed by atoms with E-state index in [1.165, 1.54) is 7.11 Å². The van der Waals surface area contributed by atoms with Crippen LogP contribution in [0.4, 0.5) is 4.79 Å². The van der Waals surface area contributed by atoms with E-state index in [2.05, 4.69) is 20.9 Å². The number of rotatable bonds is 14. The molecule has 0 aliphatic carbocycles. The number of amides is 3. The maximum Gasteiger partial charge on any atom is 0.408 e. The molecule has 1 heterocycles. The lowest BCUT2D eigenvalue weighted by atomic mass is 9.94. The Bertz CT molecular complexity index is 1340. The molecule has 0 fully saturated rings. The van der Waals surface area contributed by atoms with Gasteiger partial charge in [-0.25, -0.2) is 9.59 Å². The molecule has 5 unspecified atom stereocenters. The van der Waals surface area contributed by atoms with Crippen molar-refractivity contribution in [2.45, 2.75) is 71.7 Å². The summed E-state index contributed by atoms with van der Waals surface area (Å²) in [4.78, 5) is 55.6. The number of H-pyrrole nitrogens is 1. The lowest BCUT2D eigenvalue weighted by molar-refractivity contribution is -0.145. The third-order valence-electron chi connectivity index (χ3n) is 7.68. The van der Waals surface area contributed by atoms with Gasteiger partial charge in [-0.2, -0.15) is 0 Å². The quantitative estimate of drug-likeness (QED) is 0.211. The summed E-state index contributed by atoms with van der Waals surface area (Å²) in [5, 5.41) is 9.24. The minimum atomic E-state index is -0.971. The van der Waals surface area contributed by atoms with E-state index < -0.39 is 42.0 Å². The van der Waals surface area contributed by atoms with Crippen LogP contribution in [-0.4, -0.2) is 54.1 Å². The van der Waals surface area contributed by atoms with Gasteiger partial charge in [0, 0.05) is 23.5 Å². The Hall–Kier alpha value is -4.34. The number of carbonyl (C=O) groups is 4. The van der Waals surface area contributed by atoms with Gasteiger partial charge in [0.05, 0.1) is 7.11 Å². The highest BCUT2D eigenvalue weighted by molar-refractivity contribution is 5.93. The van der Waals surface area contributed by atoms with Crippen molar-refractivity contribution in [2.24, 2.45) is 11.8 Å². The highest BCUT2D eigenvalue weighted by atomic mass is 16.5. The number of esters is 1. The molecule has 226 valence electrons. The zero-order valence-electron chi connectivity index (χ0n) is 24.9. The smallest absolute Gasteiger partial charge is 0.408 e. The third-order valence-corrected chi connectivity index (χ3v) is 7.68. The van der Waals surface area contributed by atoms with E-state index in [-0.39, 0.29) is 24.9 Å². The van der Waals surface area contributed by atoms with E-state index in [1.54, 1.807) is 6.20 Å². The first kappa shape index (κ1) is 32.2. The maximum absolute atomic E-state index is 13.6. The van der Waals surface area contributed by atoms with Gasteiger partial charge >= 0.3 is 12.1 Å². The van der Waals surface area contributed by atoms with Crippen molar-refractivity contribution in [3.8, 4) is 0 Å². The average Bonchev–Trinajstić information content (AvgIpc) is 3.42. The maximum atomic E-state index is 13.6. The zero-order valence-corrected chi connectivity index (χ0v) is 24.9. The molecule has 0 aliphatic rings. The predicted molar refractivity (Wildman–Crippen MR) is 160 cm³/mol. The van der Waals surface area contributed by atoms with Crippen LogP contribution in [0.1, 0.15) is 51.7 Å². The number of nitrogens with one attached hydrogen (secondary N) is 4. The fourth-order valence-electron chi connectivity index (χ4n) is 4.66. The van der Waals surface area contributed by atoms with Crippen molar-refractivity contribution < 1.29 is 28.7 Å². The Labute approximate surface area is 246 Å². The second kappa shape index (κ2) is 15.6. The van der Waals surface area contributed by atoms with E-state index in [0.717, 1.165) is 22.0 Å². The van der Waals surface area contributed by atoms with Gasteiger partial charge in [0.25, 0.3) is 0 Å². The number of para-hydroxylation sites is 1. The summed E-state index contributed by atoms with van der Waals surface area (Å²) in [5.41, 5.74) is 2.58. The van der Waals surface area contributed by atoms with Gasteiger partial charge in [-0.1, -0.05) is 89.1 Å². The van der Waals surface area contributed by atoms with Gasteiger partial charge in [-0.3, -0.25) is 9.59 Å². The molecule has 0 radical (unpaired) electrons. The Balaban J connectivity index is 1.73. The van der Waals surface area contributed by atoms with Crippen molar-refractivity contribution in [2.75, 3.05) is 7.11 Å². The second-order valence-corrected chi connectivity index (χ2v) is 10.6. The number of ether oxygens (including phenoxy) is 2. The number of carbonyl (C=O) groups excluding carboxylic acids is 4. The summed E-state index contributed by atoms with van der Waals surface area (Å²) in [7, 11) is 1.27. The normalized spacial score (nSPS) is 14.6. The molecule has 2 aromatic carbocycles. The van der Waals surface area contributed by atoms with Gasteiger partial charge in [0.1, 0.15) is 24.7 Å². The number of aromatic nitrogens is 1. The SMILES string of the molecule is CCC(C)C(NC(=O)OCc1ccccc1)C(=O)NC(C(=O)NC(Cc1c[nH]c2ccccc12)C(=O)OC)C(C)CC. The molecular weight excluding hydrogens is 536 g/mol. The fourth-order valence-corrected chi connectivity index (χ4v) is 4.66. The molecule has 0 aliphatic heterocycles. The van der Waals surface area contributed by atoms with Crippen LogP contribution in [0.25, 0.3) is 10.9 Å². The summed E-state index contributed by atoms with van der Waals surface area (Å²) >= 11 is 0. The van der Waals surface area contributed by atoms with Gasteiger partial charge in [-0.15, -0.1) is 0 Å². The molecule has 3 rings (SSSR count). The molecule has 10 nitrogen and oxygen atoms in total. The molecule has 4 N–H and O–H groups in total. The van der Waals surface area contributed by atoms with Crippen LogP contribution in [-0.2, 0) is 36.9 Å². The summed E-state index contributed by atoms with van der Waals surface area (Å²) in [5.74, 6) is -2.11. The Morgan fingerprint density at radius 1 is 0.810 bits per heavy atom. The molecule has 0 saturated heterocycles. The van der Waals surface area contributed by atoms with Gasteiger partial charge in [-0.05, 0) is 29.0 Å². The van der Waals surface area contributed by atoms with Crippen molar-refractivity contribution in [1.29, 1.82) is 0 Å². The average molecular weight is 579 g/mol. The van der Waals surface area contributed by atoms with Crippen molar-refractivity contribution in [3.63, 3.8) is 0 Å². The van der Waals surface area contributed by atoms with Crippen LogP contribution in [0.5, 0.6) is 0 Å². The van der Waals surface area contributed by atoms with Crippen LogP contribution in [0.2, 0.25) is 0 Å². The molecular formula is C32H42N4O6. The fraction of sp³-hybridized carbons (Fsp3) is 0.438. The van der Waals surface area contributed by atoms with E-state index >= 15 is 0 Å². The third kappa shape index (κ3) is 8.58. The zero-order chi connectivity index (χ0) is 30.6. The van der Waals surface area contributed by atoms with E-state index in [0.29, 0.717) is 12.8 Å². The minimum Gasteiger partial charge on any atom is -0.467 e. The van der Waals surface area contributed by atoms with Gasteiger partial charge in [0.15, 0.2) is 0 Å². The highest BCUT2D eigenvalue weighted by Crippen LogP contribution is 2.20. The van der Waals surface area contributed by atoms with Gasteiger partial charge < -0.3 is 30.4 Å². The summed E-state index contributed by atoms with van der Waals surface area (Å²) < 4.78 is 10.3. The molecule has 0 saturated carbocycles. The topological polar surface area (TPSA) is 139 Å². The van der Waals surface area contributed by atoms with Crippen molar-refractivity contribution in [3.05, 3.63) is 71.9 Å². The van der Waals surface area contributed by atoms with Crippen molar-refractivity contribution >= 4 is 34.8 Å². The number of alkyl carbamates (subject to hydrolysis) is 1. The number of aromatic amines is 1. The van der Waals surface area contributed by atoms with E-state index in [1.807, 2.05) is 82.3 Å². The van der Waals surface area contributed by atoms with E-state index in [9.17, 15) is 19.2 Å². The Morgan fingerprint density at radius 2 is 1.40 bits per heavy atom. The Morgan fingerprint density at radius 3 is 2.05 bits per heavy atom. The van der Waals surface area contributed by atoms with Crippen LogP contribution >= 0.6 is 0 Å². The summed E-state index contributed by atoms with van der Waals surface area (Å²) in [6.07, 6.45) is 2.47. The summed E-state index contributed by atoms with van der Waals surface area (Å²) in [6, 6.07) is 14.0. The number of benzene rings is 2. The van der Waals surface area contributed by atoms with Crippen LogP contribution < -0.4 is 16.0 Å². The first-order chi connectivity index (χ1) is 20.2. The molecule has 1 aromatic heterocycles. The molecule has 5 atom stereocenters. The van der Waals surface area contributed by atoms with Crippen LogP contribution in [0.15, 0.2) is 60.8 Å². The standard InChI is InChI=1S/C32H42N4O6/c1-6-20(3)27(29(37)34-26(31(39)41-5)17-23-18-33-25-16-12-11-15-24(23)25)35-30(38)28(21(4)7-2)36-32(40)42-19-22-13-9-8-10-14-22/h8-16,18,20-21,26-28,33H,6-7,17,19H2,1-5H3,(H,34,37)(H,35,38)(H,36,40). The predicted octanol–water partition coefficient (Wildman–Crippen LogP) is 4.24. The molecule has 0 spiro atoms. The molecule has 0 bridgehead atoms. The van der Waals surface area contributed by atoms with Gasteiger partial charge in [0.2, 0.25) is 11.8 Å². The Kier molecular flexibility index (Phi) is 12.0. The monoisotopic (exact) mass is 578 g/mol. The van der Waals surface area contributed by atoms with Crippen LogP contribution in [0, 0.1) is 11.8 Å². The summed E-state index contributed by atoms with van der Waals surface area (Å²) in [6.45, 7) is 7.56. The number of hydrogen-bond acceptors (Lipinski definition) is 6. The second-order valence-electron chi connectivity index (χ2n) is 10.6. The molecule has 10 heteroatoms. The minimum absolute atomic E-state index is 0.0603. The first-order valence-electron chi connectivity index (χ1n) is 14.4. The number of methoxy groups -OCH3 is 1. The van der Waals surface area contributed by atoms with Crippen molar-refractivity contribution in [1.82, 2.24) is 20.9 Å². The van der Waals surface area contributed by atoms with E-state index in [4.69, 9.17) is 9.47 Å². The number of fused-ring (bicyclic) bond motifs is 1. The largest absolute Gasteiger partial charge is 0.467 e. The molecule has 3 amide bonds.